The Morgan fingerprint density at radius 1 is 1.04 bits per heavy atom. The van der Waals surface area contributed by atoms with E-state index in [1.54, 1.807) is 7.11 Å². The maximum absolute atomic E-state index is 5.95. The number of aliphatic imine (C=N–C) groups is 1. The minimum atomic E-state index is 0. The number of guanidine groups is 1. The molecule has 0 unspecified atom stereocenters. The molecule has 2 saturated heterocycles. The van der Waals surface area contributed by atoms with Gasteiger partial charge in [0.1, 0.15) is 0 Å². The first-order valence-electron chi connectivity index (χ1n) is 10.1. The summed E-state index contributed by atoms with van der Waals surface area (Å²) in [4.78, 5) is 9.44. The van der Waals surface area contributed by atoms with Crippen LogP contribution in [0.2, 0.25) is 0 Å². The zero-order valence-electron chi connectivity index (χ0n) is 16.8. The Morgan fingerprint density at radius 2 is 1.73 bits per heavy atom. The summed E-state index contributed by atoms with van der Waals surface area (Å²) >= 11 is 0. The summed E-state index contributed by atoms with van der Waals surface area (Å²) in [5.41, 5.74) is 0. The zero-order chi connectivity index (χ0) is 17.7. The Morgan fingerprint density at radius 3 is 2.35 bits per heavy atom. The van der Waals surface area contributed by atoms with Gasteiger partial charge in [-0.3, -0.25) is 4.99 Å². The number of halogens is 1. The Bertz CT molecular complexity index is 369. The lowest BCUT2D eigenvalue weighted by atomic mass is 10.1. The van der Waals surface area contributed by atoms with E-state index in [-0.39, 0.29) is 24.0 Å². The minimum Gasteiger partial charge on any atom is -0.385 e. The molecule has 0 atom stereocenters. The molecular weight excluding hydrogens is 443 g/mol. The number of ether oxygens (including phenoxy) is 2. The van der Waals surface area contributed by atoms with E-state index in [4.69, 9.17) is 9.47 Å². The predicted octanol–water partition coefficient (Wildman–Crippen LogP) is 2.57. The molecule has 0 bridgehead atoms. The fourth-order valence-electron chi connectivity index (χ4n) is 3.71. The van der Waals surface area contributed by atoms with Crippen LogP contribution in [-0.2, 0) is 9.47 Å². The van der Waals surface area contributed by atoms with E-state index in [0.717, 1.165) is 64.6 Å². The van der Waals surface area contributed by atoms with Crippen LogP contribution in [0.3, 0.4) is 0 Å². The molecule has 26 heavy (non-hydrogen) atoms. The zero-order valence-corrected chi connectivity index (χ0v) is 19.1. The maximum Gasteiger partial charge on any atom is 0.193 e. The summed E-state index contributed by atoms with van der Waals surface area (Å²) in [6.07, 6.45) is 9.04. The van der Waals surface area contributed by atoms with Crippen molar-refractivity contribution in [3.05, 3.63) is 0 Å². The second-order valence-corrected chi connectivity index (χ2v) is 7.13. The number of likely N-dealkylation sites (tertiary alicyclic amines) is 2. The van der Waals surface area contributed by atoms with Crippen LogP contribution in [-0.4, -0.2) is 88.5 Å². The van der Waals surface area contributed by atoms with Crippen LogP contribution in [0.5, 0.6) is 0 Å². The lowest BCUT2D eigenvalue weighted by Crippen LogP contribution is -2.48. The molecule has 0 aromatic carbocycles. The lowest BCUT2D eigenvalue weighted by molar-refractivity contribution is 0.00990. The third kappa shape index (κ3) is 9.19. The number of rotatable bonds is 8. The molecule has 7 heteroatoms. The largest absolute Gasteiger partial charge is 0.385 e. The molecule has 154 valence electrons. The van der Waals surface area contributed by atoms with Gasteiger partial charge in [0, 0.05) is 53.6 Å². The van der Waals surface area contributed by atoms with E-state index in [9.17, 15) is 0 Å². The van der Waals surface area contributed by atoms with Crippen molar-refractivity contribution < 1.29 is 9.47 Å². The average molecular weight is 482 g/mol. The molecule has 2 aliphatic heterocycles. The Labute approximate surface area is 177 Å². The van der Waals surface area contributed by atoms with Gasteiger partial charge in [0.05, 0.1) is 6.10 Å². The van der Waals surface area contributed by atoms with Crippen molar-refractivity contribution in [2.24, 2.45) is 4.99 Å². The minimum absolute atomic E-state index is 0. The van der Waals surface area contributed by atoms with E-state index < -0.39 is 0 Å². The van der Waals surface area contributed by atoms with Gasteiger partial charge >= 0.3 is 0 Å². The topological polar surface area (TPSA) is 49.3 Å². The quantitative estimate of drug-likeness (QED) is 0.250. The van der Waals surface area contributed by atoms with Gasteiger partial charge in [-0.25, -0.2) is 0 Å². The van der Waals surface area contributed by atoms with Crippen LogP contribution in [0, 0.1) is 0 Å². The Hall–Kier alpha value is -0.120. The van der Waals surface area contributed by atoms with Crippen molar-refractivity contribution in [1.82, 2.24) is 15.1 Å². The molecule has 0 aliphatic carbocycles. The van der Waals surface area contributed by atoms with Crippen molar-refractivity contribution in [3.8, 4) is 0 Å². The SMILES string of the molecule is CN=C(NCCN1CCCCCC1)N1CCC(OCCCOC)CC1.I. The first-order chi connectivity index (χ1) is 12.3. The highest BCUT2D eigenvalue weighted by molar-refractivity contribution is 14.0. The summed E-state index contributed by atoms with van der Waals surface area (Å²) in [6, 6.07) is 0. The number of nitrogens with zero attached hydrogens (tertiary/aromatic N) is 3. The van der Waals surface area contributed by atoms with Crippen molar-refractivity contribution >= 4 is 29.9 Å². The number of hydrogen-bond acceptors (Lipinski definition) is 4. The van der Waals surface area contributed by atoms with Crippen molar-refractivity contribution in [3.63, 3.8) is 0 Å². The fraction of sp³-hybridized carbons (Fsp3) is 0.947. The first kappa shape index (κ1) is 23.9. The Kier molecular flexibility index (Phi) is 13.7. The number of piperidine rings is 1. The van der Waals surface area contributed by atoms with Crippen LogP contribution < -0.4 is 5.32 Å². The highest BCUT2D eigenvalue weighted by Crippen LogP contribution is 2.14. The van der Waals surface area contributed by atoms with Crippen LogP contribution in [0.15, 0.2) is 4.99 Å². The second-order valence-electron chi connectivity index (χ2n) is 7.13. The van der Waals surface area contributed by atoms with Crippen LogP contribution >= 0.6 is 24.0 Å². The number of hydrogen-bond donors (Lipinski definition) is 1. The third-order valence-corrected chi connectivity index (χ3v) is 5.21. The maximum atomic E-state index is 5.95. The van der Waals surface area contributed by atoms with Gasteiger partial charge in [0.2, 0.25) is 0 Å². The molecule has 0 spiro atoms. The summed E-state index contributed by atoms with van der Waals surface area (Å²) < 4.78 is 11.0. The third-order valence-electron chi connectivity index (χ3n) is 5.21. The molecule has 2 rings (SSSR count). The van der Waals surface area contributed by atoms with Crippen molar-refractivity contribution in [1.29, 1.82) is 0 Å². The van der Waals surface area contributed by atoms with Crippen molar-refractivity contribution in [2.45, 2.75) is 51.0 Å². The summed E-state index contributed by atoms with van der Waals surface area (Å²) in [5.74, 6) is 1.05. The van der Waals surface area contributed by atoms with Gasteiger partial charge in [-0.2, -0.15) is 0 Å². The molecule has 0 radical (unpaired) electrons. The van der Waals surface area contributed by atoms with E-state index in [0.29, 0.717) is 6.10 Å². The lowest BCUT2D eigenvalue weighted by Gasteiger charge is -2.34. The molecule has 2 fully saturated rings. The molecule has 0 amide bonds. The van der Waals surface area contributed by atoms with Gasteiger partial charge in [0.15, 0.2) is 5.96 Å². The summed E-state index contributed by atoms with van der Waals surface area (Å²) in [7, 11) is 3.63. The van der Waals surface area contributed by atoms with Gasteiger partial charge in [-0.05, 0) is 45.2 Å². The molecule has 0 aromatic rings. The van der Waals surface area contributed by atoms with E-state index in [1.807, 2.05) is 7.05 Å². The molecule has 0 saturated carbocycles. The Balaban J connectivity index is 0.00000338. The average Bonchev–Trinajstić information content (AvgIpc) is 2.92. The first-order valence-corrected chi connectivity index (χ1v) is 10.1. The van der Waals surface area contributed by atoms with Crippen LogP contribution in [0.1, 0.15) is 44.9 Å². The smallest absolute Gasteiger partial charge is 0.193 e. The molecule has 2 heterocycles. The van der Waals surface area contributed by atoms with Gasteiger partial charge in [0.25, 0.3) is 0 Å². The molecular formula is C19H39IN4O2. The van der Waals surface area contributed by atoms with Crippen LogP contribution in [0.25, 0.3) is 0 Å². The van der Waals surface area contributed by atoms with E-state index in [2.05, 4.69) is 20.1 Å². The molecule has 2 aliphatic rings. The fourth-order valence-corrected chi connectivity index (χ4v) is 3.71. The van der Waals surface area contributed by atoms with Gasteiger partial charge in [-0.15, -0.1) is 24.0 Å². The molecule has 1 N–H and O–H groups in total. The highest BCUT2D eigenvalue weighted by Gasteiger charge is 2.21. The van der Waals surface area contributed by atoms with E-state index >= 15 is 0 Å². The van der Waals surface area contributed by atoms with Gasteiger partial charge < -0.3 is 24.6 Å². The monoisotopic (exact) mass is 482 g/mol. The van der Waals surface area contributed by atoms with Crippen LogP contribution in [0.4, 0.5) is 0 Å². The summed E-state index contributed by atoms with van der Waals surface area (Å²) in [6.45, 7) is 8.26. The standard InChI is InChI=1S/C19H38N4O2.HI/c1-20-19(21-10-15-22-11-5-3-4-6-12-22)23-13-8-18(9-14-23)25-17-7-16-24-2;/h18H,3-17H2,1-2H3,(H,20,21);1H. The normalized spacial score (nSPS) is 20.5. The second kappa shape index (κ2) is 14.9. The van der Waals surface area contributed by atoms with E-state index in [1.165, 1.54) is 38.8 Å². The van der Waals surface area contributed by atoms with Gasteiger partial charge in [-0.1, -0.05) is 12.8 Å². The highest BCUT2D eigenvalue weighted by atomic mass is 127. The summed E-state index contributed by atoms with van der Waals surface area (Å²) in [5, 5.41) is 3.56. The predicted molar refractivity (Wildman–Crippen MR) is 119 cm³/mol. The number of nitrogens with one attached hydrogen (secondary N) is 1. The van der Waals surface area contributed by atoms with Crippen molar-refractivity contribution in [2.75, 3.05) is 66.6 Å². The molecule has 6 nitrogen and oxygen atoms in total. The molecule has 0 aromatic heterocycles. The number of methoxy groups -OCH3 is 1.